The van der Waals surface area contributed by atoms with Crippen LogP contribution in [0.1, 0.15) is 13.3 Å². The third-order valence-electron chi connectivity index (χ3n) is 3.71. The molecular formula is C13H33N3O12P4. The topological polar surface area (TPSA) is 240 Å². The van der Waals surface area contributed by atoms with Crippen LogP contribution in [0.15, 0.2) is 12.2 Å². The van der Waals surface area contributed by atoms with Gasteiger partial charge in [0.25, 0.3) is 0 Å². The van der Waals surface area contributed by atoms with E-state index in [1.165, 1.54) is 9.80 Å². The Bertz CT molecular complexity index is 763. The van der Waals surface area contributed by atoms with Crippen molar-refractivity contribution in [3.8, 4) is 0 Å². The Morgan fingerprint density at radius 1 is 0.594 bits per heavy atom. The highest BCUT2D eigenvalue weighted by molar-refractivity contribution is 7.52. The minimum atomic E-state index is -4.66. The molecule has 0 radical (unpaired) electrons. The second-order valence-electron chi connectivity index (χ2n) is 7.60. The molecule has 0 aliphatic carbocycles. The molecule has 0 aromatic carbocycles. The van der Waals surface area contributed by atoms with Gasteiger partial charge in [0.05, 0.1) is 0 Å². The molecule has 0 aromatic rings. The van der Waals surface area contributed by atoms with Crippen LogP contribution < -0.4 is 0 Å². The zero-order valence-electron chi connectivity index (χ0n) is 17.6. The smallest absolute Gasteiger partial charge is 0.324 e. The van der Waals surface area contributed by atoms with Crippen molar-refractivity contribution in [1.82, 2.24) is 14.7 Å². The van der Waals surface area contributed by atoms with E-state index in [2.05, 4.69) is 6.58 Å². The Balaban J connectivity index is 5.16. The zero-order chi connectivity index (χ0) is 25.4. The Morgan fingerprint density at radius 3 is 1.28 bits per heavy atom. The summed E-state index contributed by atoms with van der Waals surface area (Å²) in [4.78, 5) is 76.9. The van der Waals surface area contributed by atoms with Gasteiger partial charge in [-0.05, 0) is 13.3 Å². The first-order chi connectivity index (χ1) is 14.2. The van der Waals surface area contributed by atoms with Crippen LogP contribution in [0, 0.1) is 0 Å². The van der Waals surface area contributed by atoms with Crippen LogP contribution in [0.5, 0.6) is 0 Å². The first-order valence-electron chi connectivity index (χ1n) is 9.15. The molecule has 0 atom stereocenters. The van der Waals surface area contributed by atoms with Gasteiger partial charge in [0.1, 0.15) is 25.1 Å². The Labute approximate surface area is 186 Å². The van der Waals surface area contributed by atoms with E-state index in [-0.39, 0.29) is 39.1 Å². The Hall–Kier alpha value is 0.220. The number of nitrogens with zero attached hydrogens (tertiary/aromatic N) is 3. The molecule has 19 heteroatoms. The third kappa shape index (κ3) is 20.8. The van der Waals surface area contributed by atoms with Gasteiger partial charge in [-0.3, -0.25) is 33.0 Å². The van der Waals surface area contributed by atoms with Crippen LogP contribution in [0.25, 0.3) is 0 Å². The van der Waals surface area contributed by atoms with E-state index in [1.54, 1.807) is 6.92 Å². The summed E-state index contributed by atoms with van der Waals surface area (Å²) >= 11 is 0. The molecule has 0 saturated heterocycles. The average molecular weight is 547 g/mol. The molecular weight excluding hydrogens is 514 g/mol. The van der Waals surface area contributed by atoms with Gasteiger partial charge in [-0.2, -0.15) is 0 Å². The average Bonchev–Trinajstić information content (AvgIpc) is 2.45. The van der Waals surface area contributed by atoms with Crippen molar-refractivity contribution < 1.29 is 57.4 Å². The van der Waals surface area contributed by atoms with E-state index < -0.39 is 55.5 Å². The number of hydrogen-bond donors (Lipinski definition) is 8. The first kappa shape index (κ1) is 32.2. The molecule has 0 amide bonds. The molecule has 8 N–H and O–H groups in total. The second kappa shape index (κ2) is 13.3. The maximum absolute atomic E-state index is 11.4. The van der Waals surface area contributed by atoms with Gasteiger partial charge in [0.2, 0.25) is 0 Å². The summed E-state index contributed by atoms with van der Waals surface area (Å²) in [6, 6.07) is 0. The molecule has 0 fully saturated rings. The summed E-state index contributed by atoms with van der Waals surface area (Å²) < 4.78 is 45.2. The highest BCUT2D eigenvalue weighted by Gasteiger charge is 2.27. The Morgan fingerprint density at radius 2 is 0.906 bits per heavy atom. The molecule has 0 aliphatic rings. The summed E-state index contributed by atoms with van der Waals surface area (Å²) in [5.41, 5.74) is 0.649. The molecule has 32 heavy (non-hydrogen) atoms. The summed E-state index contributed by atoms with van der Waals surface area (Å²) in [5.74, 6) is 0. The quantitative estimate of drug-likeness (QED) is 0.0838. The van der Waals surface area contributed by atoms with Crippen molar-refractivity contribution in [2.24, 2.45) is 0 Å². The fraction of sp³-hybridized carbons (Fsp3) is 0.846. The third-order valence-corrected chi connectivity index (χ3v) is 6.79. The lowest BCUT2D eigenvalue weighted by atomic mass is 10.3. The summed E-state index contributed by atoms with van der Waals surface area (Å²) in [6.45, 7) is 5.27. The molecule has 0 spiro atoms. The van der Waals surface area contributed by atoms with Crippen LogP contribution in [-0.4, -0.2) is 112 Å². The second-order valence-corrected chi connectivity index (χ2v) is 14.0. The fourth-order valence-corrected chi connectivity index (χ4v) is 6.11. The number of rotatable bonds is 17. The molecule has 0 aromatic heterocycles. The van der Waals surface area contributed by atoms with Gasteiger partial charge in [0, 0.05) is 32.7 Å². The molecule has 0 bridgehead atoms. The molecule has 0 heterocycles. The van der Waals surface area contributed by atoms with Crippen molar-refractivity contribution in [3.05, 3.63) is 12.2 Å². The molecule has 0 rings (SSSR count). The highest BCUT2D eigenvalue weighted by atomic mass is 31.2. The van der Waals surface area contributed by atoms with Crippen molar-refractivity contribution in [2.45, 2.75) is 13.3 Å². The highest BCUT2D eigenvalue weighted by Crippen LogP contribution is 2.41. The van der Waals surface area contributed by atoms with Crippen molar-refractivity contribution in [2.75, 3.05) is 57.9 Å². The van der Waals surface area contributed by atoms with Gasteiger partial charge in [-0.25, -0.2) is 0 Å². The number of hydrogen-bond acceptors (Lipinski definition) is 7. The van der Waals surface area contributed by atoms with Crippen molar-refractivity contribution in [3.63, 3.8) is 0 Å². The SMILES string of the molecule is C=C(C)CN(CCCN(CCN(CP(=O)(O)O)CP(=O)(O)O)CP(=O)(O)O)CP(=O)(O)O. The van der Waals surface area contributed by atoms with E-state index in [4.69, 9.17) is 19.6 Å². The van der Waals surface area contributed by atoms with Gasteiger partial charge in [-0.1, -0.05) is 12.2 Å². The predicted octanol–water partition coefficient (Wildman–Crippen LogP) is -0.601. The largest absolute Gasteiger partial charge is 0.339 e. The molecule has 0 aliphatic heterocycles. The van der Waals surface area contributed by atoms with Crippen molar-refractivity contribution in [1.29, 1.82) is 0 Å². The maximum Gasteiger partial charge on any atom is 0.339 e. The first-order valence-corrected chi connectivity index (χ1v) is 16.3. The minimum absolute atomic E-state index is 0.0403. The summed E-state index contributed by atoms with van der Waals surface area (Å²) in [7, 11) is -18.2. The van der Waals surface area contributed by atoms with Crippen molar-refractivity contribution >= 4 is 30.4 Å². The standard InChI is InChI=1S/C13H33N3O12P4/c1-13(2)8-15(10-30(20,21)22)5-3-4-14(9-29(17,18)19)6-7-16(11-31(23,24)25)12-32(26,27)28/h1,3-12H2,2H3,(H2,17,18,19)(H2,20,21,22)(H2,23,24,25)(H2,26,27,28). The van der Waals surface area contributed by atoms with Crippen LogP contribution in [0.2, 0.25) is 0 Å². The van der Waals surface area contributed by atoms with Crippen LogP contribution in [0.3, 0.4) is 0 Å². The van der Waals surface area contributed by atoms with Gasteiger partial charge >= 0.3 is 30.4 Å². The minimum Gasteiger partial charge on any atom is -0.324 e. The maximum atomic E-state index is 11.4. The van der Waals surface area contributed by atoms with Crippen LogP contribution in [-0.2, 0) is 18.3 Å². The monoisotopic (exact) mass is 547 g/mol. The van der Waals surface area contributed by atoms with E-state index in [1.807, 2.05) is 0 Å². The predicted molar refractivity (Wildman–Crippen MR) is 117 cm³/mol. The normalized spacial score (nSPS) is 14.0. The molecule has 192 valence electrons. The van der Waals surface area contributed by atoms with Crippen LogP contribution >= 0.6 is 30.4 Å². The summed E-state index contributed by atoms with van der Waals surface area (Å²) in [5, 5.41) is 0. The lowest BCUT2D eigenvalue weighted by Gasteiger charge is -2.29. The molecule has 15 nitrogen and oxygen atoms in total. The van der Waals surface area contributed by atoms with Gasteiger partial charge in [-0.15, -0.1) is 0 Å². The van der Waals surface area contributed by atoms with Crippen LogP contribution in [0.4, 0.5) is 0 Å². The molecule has 0 unspecified atom stereocenters. The van der Waals surface area contributed by atoms with Gasteiger partial charge < -0.3 is 39.1 Å². The van der Waals surface area contributed by atoms with E-state index in [9.17, 15) is 37.8 Å². The zero-order valence-corrected chi connectivity index (χ0v) is 21.2. The van der Waals surface area contributed by atoms with E-state index in [0.29, 0.717) is 5.57 Å². The summed E-state index contributed by atoms with van der Waals surface area (Å²) in [6.07, 6.45) is -2.92. The van der Waals surface area contributed by atoms with E-state index in [0.717, 1.165) is 4.90 Å². The fourth-order valence-electron chi connectivity index (χ4n) is 2.86. The molecule has 0 saturated carbocycles. The van der Waals surface area contributed by atoms with Gasteiger partial charge in [0.15, 0.2) is 0 Å². The lowest BCUT2D eigenvalue weighted by molar-refractivity contribution is 0.210. The van der Waals surface area contributed by atoms with E-state index >= 15 is 0 Å². The lowest BCUT2D eigenvalue weighted by Crippen LogP contribution is -2.38. The Kier molecular flexibility index (Phi) is 13.4.